The van der Waals surface area contributed by atoms with E-state index in [9.17, 15) is 23.4 Å². The number of unbranched alkanes of at least 4 members (excludes halogenated alkanes) is 1. The predicted octanol–water partition coefficient (Wildman–Crippen LogP) is 1.84. The van der Waals surface area contributed by atoms with Crippen LogP contribution in [0.2, 0.25) is 0 Å². The maximum atomic E-state index is 13.2. The lowest BCUT2D eigenvalue weighted by atomic mass is 10.0. The van der Waals surface area contributed by atoms with Crippen LogP contribution < -0.4 is 4.90 Å². The summed E-state index contributed by atoms with van der Waals surface area (Å²) < 4.78 is 39.6. The van der Waals surface area contributed by atoms with Crippen molar-refractivity contribution >= 4 is 5.69 Å². The summed E-state index contributed by atoms with van der Waals surface area (Å²) in [7, 11) is 0. The van der Waals surface area contributed by atoms with Gasteiger partial charge in [-0.25, -0.2) is 0 Å². The van der Waals surface area contributed by atoms with E-state index < -0.39 is 35.4 Å². The molecule has 0 radical (unpaired) electrons. The second-order valence-electron chi connectivity index (χ2n) is 6.74. The Balaban J connectivity index is 2.40. The minimum absolute atomic E-state index is 0.0127. The lowest BCUT2D eigenvalue weighted by molar-refractivity contribution is -0.137. The molecule has 0 aromatic heterocycles. The van der Waals surface area contributed by atoms with E-state index in [0.29, 0.717) is 19.4 Å². The first-order valence-corrected chi connectivity index (χ1v) is 8.19. The molecule has 1 fully saturated rings. The molecular formula is C17H22F3N3O3. The van der Waals surface area contributed by atoms with Crippen LogP contribution in [0.5, 0.6) is 0 Å². The largest absolute Gasteiger partial charge is 0.417 e. The molecule has 2 atom stereocenters. The Morgan fingerprint density at radius 1 is 1.23 bits per heavy atom. The molecule has 3 N–H and O–H groups in total. The van der Waals surface area contributed by atoms with Gasteiger partial charge in [-0.2, -0.15) is 18.4 Å². The summed E-state index contributed by atoms with van der Waals surface area (Å²) in [6, 6.07) is 4.56. The molecule has 0 saturated carbocycles. The van der Waals surface area contributed by atoms with Gasteiger partial charge in [0.1, 0.15) is 6.23 Å². The van der Waals surface area contributed by atoms with Gasteiger partial charge in [0.05, 0.1) is 22.7 Å². The van der Waals surface area contributed by atoms with Crippen LogP contribution in [0.25, 0.3) is 0 Å². The first kappa shape index (κ1) is 20.5. The van der Waals surface area contributed by atoms with Crippen LogP contribution in [0.15, 0.2) is 18.2 Å². The Morgan fingerprint density at radius 2 is 1.88 bits per heavy atom. The molecule has 1 aliphatic heterocycles. The number of aliphatic hydroxyl groups is 3. The Hall–Kier alpha value is -1.86. The summed E-state index contributed by atoms with van der Waals surface area (Å²) in [6.07, 6.45) is -6.27. The molecule has 1 saturated heterocycles. The summed E-state index contributed by atoms with van der Waals surface area (Å²) >= 11 is 0. The zero-order valence-electron chi connectivity index (χ0n) is 14.5. The van der Waals surface area contributed by atoms with Crippen LogP contribution in [0, 0.1) is 11.3 Å². The minimum atomic E-state index is -4.73. The Kier molecular flexibility index (Phi) is 5.82. The molecule has 0 aliphatic carbocycles. The SMILES string of the molecule is CC1(C)C(O)N(c2ccc(C#N)c(C(F)(F)F)c2)C(O)N1CCCCO. The van der Waals surface area contributed by atoms with E-state index in [1.807, 2.05) is 0 Å². The highest BCUT2D eigenvalue weighted by molar-refractivity contribution is 5.56. The highest BCUT2D eigenvalue weighted by Gasteiger charge is 2.51. The Labute approximate surface area is 149 Å². The van der Waals surface area contributed by atoms with Gasteiger partial charge in [0.25, 0.3) is 0 Å². The number of nitriles is 1. The van der Waals surface area contributed by atoms with E-state index in [4.69, 9.17) is 10.4 Å². The first-order chi connectivity index (χ1) is 12.1. The molecule has 1 aromatic carbocycles. The van der Waals surface area contributed by atoms with Gasteiger partial charge in [-0.05, 0) is 44.9 Å². The van der Waals surface area contributed by atoms with Crippen LogP contribution in [-0.4, -0.2) is 51.5 Å². The molecule has 144 valence electrons. The van der Waals surface area contributed by atoms with Crippen molar-refractivity contribution in [3.63, 3.8) is 0 Å². The smallest absolute Gasteiger partial charge is 0.396 e. The Morgan fingerprint density at radius 3 is 2.42 bits per heavy atom. The summed E-state index contributed by atoms with van der Waals surface area (Å²) in [5.74, 6) is 0. The van der Waals surface area contributed by atoms with Gasteiger partial charge in [0.15, 0.2) is 6.35 Å². The summed E-state index contributed by atoms with van der Waals surface area (Å²) in [5, 5.41) is 39.0. The molecule has 6 nitrogen and oxygen atoms in total. The molecule has 2 unspecified atom stereocenters. The lowest BCUT2D eigenvalue weighted by Crippen LogP contribution is -2.47. The fraction of sp³-hybridized carbons (Fsp3) is 0.588. The topological polar surface area (TPSA) is 91.0 Å². The second kappa shape index (κ2) is 7.40. The van der Waals surface area contributed by atoms with Crippen molar-refractivity contribution in [1.82, 2.24) is 4.90 Å². The van der Waals surface area contributed by atoms with Crippen molar-refractivity contribution in [2.75, 3.05) is 18.1 Å². The minimum Gasteiger partial charge on any atom is -0.396 e. The molecule has 0 spiro atoms. The number of rotatable bonds is 5. The van der Waals surface area contributed by atoms with Gasteiger partial charge in [0.2, 0.25) is 0 Å². The molecule has 26 heavy (non-hydrogen) atoms. The standard InChI is InChI=1S/C17H22F3N3O3/c1-16(2)14(25)23(15(26)22(16)7-3-4-8-24)12-6-5-11(10-21)13(9-12)17(18,19)20/h5-6,9,14-15,24-26H,3-4,7-8H2,1-2H3. The van der Waals surface area contributed by atoms with Crippen LogP contribution in [-0.2, 0) is 6.18 Å². The maximum absolute atomic E-state index is 13.2. The summed E-state index contributed by atoms with van der Waals surface area (Å²) in [6.45, 7) is 3.69. The molecule has 1 aromatic rings. The number of nitrogens with zero attached hydrogens (tertiary/aromatic N) is 3. The van der Waals surface area contributed by atoms with Gasteiger partial charge >= 0.3 is 6.18 Å². The average Bonchev–Trinajstić information content (AvgIpc) is 2.73. The number of benzene rings is 1. The van der Waals surface area contributed by atoms with Gasteiger partial charge in [-0.3, -0.25) is 4.90 Å². The fourth-order valence-electron chi connectivity index (χ4n) is 3.16. The van der Waals surface area contributed by atoms with Crippen LogP contribution >= 0.6 is 0 Å². The van der Waals surface area contributed by atoms with Crippen LogP contribution in [0.3, 0.4) is 0 Å². The van der Waals surface area contributed by atoms with Crippen LogP contribution in [0.1, 0.15) is 37.8 Å². The second-order valence-corrected chi connectivity index (χ2v) is 6.74. The van der Waals surface area contributed by atoms with Gasteiger partial charge in [-0.15, -0.1) is 0 Å². The number of halogens is 3. The number of aliphatic hydroxyl groups excluding tert-OH is 3. The average molecular weight is 373 g/mol. The molecule has 2 rings (SSSR count). The van der Waals surface area contributed by atoms with Crippen LogP contribution in [0.4, 0.5) is 18.9 Å². The number of alkyl halides is 3. The van der Waals surface area contributed by atoms with E-state index in [1.54, 1.807) is 18.7 Å². The van der Waals surface area contributed by atoms with E-state index in [0.717, 1.165) is 17.0 Å². The van der Waals surface area contributed by atoms with E-state index >= 15 is 0 Å². The van der Waals surface area contributed by atoms with Crippen molar-refractivity contribution in [2.45, 2.75) is 51.0 Å². The lowest BCUT2D eigenvalue weighted by Gasteiger charge is -2.32. The Bertz CT molecular complexity index is 688. The molecule has 1 aliphatic rings. The van der Waals surface area contributed by atoms with Crippen molar-refractivity contribution in [1.29, 1.82) is 5.26 Å². The fourth-order valence-corrected chi connectivity index (χ4v) is 3.16. The molecular weight excluding hydrogens is 351 g/mol. The summed E-state index contributed by atoms with van der Waals surface area (Å²) in [5.41, 5.74) is -2.60. The quantitative estimate of drug-likeness (QED) is 0.683. The number of hydrogen-bond acceptors (Lipinski definition) is 6. The number of anilines is 1. The van der Waals surface area contributed by atoms with Crippen molar-refractivity contribution < 1.29 is 28.5 Å². The summed E-state index contributed by atoms with van der Waals surface area (Å²) in [4.78, 5) is 2.66. The molecule has 1 heterocycles. The first-order valence-electron chi connectivity index (χ1n) is 8.19. The maximum Gasteiger partial charge on any atom is 0.417 e. The van der Waals surface area contributed by atoms with Gasteiger partial charge in [-0.1, -0.05) is 0 Å². The third kappa shape index (κ3) is 3.64. The van der Waals surface area contributed by atoms with Gasteiger partial charge < -0.3 is 20.2 Å². The molecule has 0 bridgehead atoms. The highest BCUT2D eigenvalue weighted by Crippen LogP contribution is 2.40. The van der Waals surface area contributed by atoms with E-state index in [1.165, 1.54) is 12.1 Å². The third-order valence-electron chi connectivity index (χ3n) is 4.70. The number of hydrogen-bond donors (Lipinski definition) is 3. The van der Waals surface area contributed by atoms with Gasteiger partial charge in [0, 0.05) is 18.8 Å². The van der Waals surface area contributed by atoms with E-state index in [2.05, 4.69) is 0 Å². The van der Waals surface area contributed by atoms with Crippen molar-refractivity contribution in [3.8, 4) is 6.07 Å². The predicted molar refractivity (Wildman–Crippen MR) is 87.8 cm³/mol. The highest BCUT2D eigenvalue weighted by atomic mass is 19.4. The third-order valence-corrected chi connectivity index (χ3v) is 4.70. The zero-order chi connectivity index (χ0) is 19.7. The van der Waals surface area contributed by atoms with Crippen molar-refractivity contribution in [3.05, 3.63) is 29.3 Å². The zero-order valence-corrected chi connectivity index (χ0v) is 14.5. The normalized spacial score (nSPS) is 23.3. The van der Waals surface area contributed by atoms with Crippen molar-refractivity contribution in [2.24, 2.45) is 0 Å². The monoisotopic (exact) mass is 373 g/mol. The van der Waals surface area contributed by atoms with E-state index in [-0.39, 0.29) is 12.3 Å². The molecule has 0 amide bonds. The molecule has 9 heteroatoms.